The summed E-state index contributed by atoms with van der Waals surface area (Å²) in [5, 5.41) is 7.87. The maximum atomic E-state index is 9.57. The molecule has 80 valence electrons. The van der Waals surface area contributed by atoms with Gasteiger partial charge in [0.1, 0.15) is 18.4 Å². The van der Waals surface area contributed by atoms with Crippen molar-refractivity contribution in [3.63, 3.8) is 0 Å². The largest absolute Gasteiger partial charge is 0.480 e. The number of carboxylic acids is 1. The molecule has 1 heterocycles. The highest BCUT2D eigenvalue weighted by Crippen LogP contribution is 1.79. The molecule has 0 saturated heterocycles. The molecule has 5 nitrogen and oxygen atoms in total. The molecule has 1 aromatic heterocycles. The first-order valence-corrected chi connectivity index (χ1v) is 4.46. The first-order chi connectivity index (χ1) is 6.47. The zero-order chi connectivity index (χ0) is 11.1. The molecule has 0 spiro atoms. The molecular formula is C9H18N3O2+. The van der Waals surface area contributed by atoms with Gasteiger partial charge < -0.3 is 10.8 Å². The summed E-state index contributed by atoms with van der Waals surface area (Å²) in [4.78, 5) is 9.57. The maximum Gasteiger partial charge on any atom is 0.320 e. The predicted octanol–water partition coefficient (Wildman–Crippen LogP) is -0.249. The molecule has 5 heteroatoms. The Kier molecular flexibility index (Phi) is 5.55. The highest BCUT2D eigenvalue weighted by atomic mass is 16.4. The van der Waals surface area contributed by atoms with E-state index in [1.165, 1.54) is 6.92 Å². The van der Waals surface area contributed by atoms with Crippen LogP contribution >= 0.6 is 0 Å². The molecule has 1 rings (SSSR count). The summed E-state index contributed by atoms with van der Waals surface area (Å²) in [6.07, 6.45) is 6.14. The van der Waals surface area contributed by atoms with Gasteiger partial charge in [-0.3, -0.25) is 4.79 Å². The van der Waals surface area contributed by atoms with Crippen LogP contribution in [0.4, 0.5) is 0 Å². The highest BCUT2D eigenvalue weighted by Gasteiger charge is 1.99. The van der Waals surface area contributed by atoms with Gasteiger partial charge in [0.15, 0.2) is 0 Å². The molecule has 3 N–H and O–H groups in total. The lowest BCUT2D eigenvalue weighted by molar-refractivity contribution is -0.671. The third kappa shape index (κ3) is 5.31. The van der Waals surface area contributed by atoms with Gasteiger partial charge in [0.05, 0.1) is 13.6 Å². The molecule has 0 aromatic carbocycles. The average Bonchev–Trinajstić information content (AvgIpc) is 2.52. The van der Waals surface area contributed by atoms with Crippen LogP contribution in [0.1, 0.15) is 13.8 Å². The van der Waals surface area contributed by atoms with E-state index in [0.29, 0.717) is 0 Å². The number of aliphatic carboxylic acids is 1. The van der Waals surface area contributed by atoms with Gasteiger partial charge in [0.25, 0.3) is 0 Å². The summed E-state index contributed by atoms with van der Waals surface area (Å²) in [5.74, 6) is -0.963. The quantitative estimate of drug-likeness (QED) is 0.647. The second-order valence-electron chi connectivity index (χ2n) is 3.04. The van der Waals surface area contributed by atoms with E-state index in [1.807, 2.05) is 17.8 Å². The fraction of sp³-hybridized carbons (Fsp3) is 0.556. The van der Waals surface area contributed by atoms with Crippen LogP contribution in [0.25, 0.3) is 0 Å². The van der Waals surface area contributed by atoms with Crippen molar-refractivity contribution in [2.75, 3.05) is 0 Å². The number of imidazole rings is 1. The fourth-order valence-corrected chi connectivity index (χ4v) is 0.689. The molecule has 0 unspecified atom stereocenters. The Bertz CT molecular complexity index is 281. The molecule has 0 aliphatic carbocycles. The Balaban J connectivity index is 0.000000255. The van der Waals surface area contributed by atoms with Crippen LogP contribution in [0.3, 0.4) is 0 Å². The van der Waals surface area contributed by atoms with Crippen LogP contribution in [0.5, 0.6) is 0 Å². The van der Waals surface area contributed by atoms with Crippen molar-refractivity contribution >= 4 is 5.97 Å². The number of nitrogens with two attached hydrogens (primary N) is 1. The van der Waals surface area contributed by atoms with Crippen molar-refractivity contribution in [1.82, 2.24) is 4.57 Å². The van der Waals surface area contributed by atoms with E-state index < -0.39 is 12.0 Å². The lowest BCUT2D eigenvalue weighted by Crippen LogP contribution is -2.25. The summed E-state index contributed by atoms with van der Waals surface area (Å²) in [6, 6.07) is -0.731. The van der Waals surface area contributed by atoms with Gasteiger partial charge in [0, 0.05) is 0 Å². The first kappa shape index (κ1) is 12.6. The Morgan fingerprint density at radius 1 is 1.71 bits per heavy atom. The molecule has 0 amide bonds. The van der Waals surface area contributed by atoms with Gasteiger partial charge in [0.2, 0.25) is 6.33 Å². The number of hydrogen-bond donors (Lipinski definition) is 2. The summed E-state index contributed by atoms with van der Waals surface area (Å²) < 4.78 is 4.16. The maximum absolute atomic E-state index is 9.57. The van der Waals surface area contributed by atoms with Crippen molar-refractivity contribution in [1.29, 1.82) is 0 Å². The molecule has 0 aliphatic rings. The molecule has 0 radical (unpaired) electrons. The molecule has 0 saturated carbocycles. The van der Waals surface area contributed by atoms with E-state index in [1.54, 1.807) is 0 Å². The summed E-state index contributed by atoms with van der Waals surface area (Å²) in [6.45, 7) is 4.60. The standard InChI is InChI=1S/C6H11N2.C3H7NO2/c1-3-8-5-4-7(2)6-8;1-2(4)3(5)6/h4-6H,3H2,1-2H3;2H,4H2,1H3,(H,5,6)/q+1;/t;2-/m.0/s1. The minimum Gasteiger partial charge on any atom is -0.480 e. The van der Waals surface area contributed by atoms with Gasteiger partial charge in [-0.15, -0.1) is 0 Å². The molecule has 14 heavy (non-hydrogen) atoms. The molecule has 1 atom stereocenters. The van der Waals surface area contributed by atoms with E-state index in [-0.39, 0.29) is 0 Å². The van der Waals surface area contributed by atoms with Crippen LogP contribution in [0.15, 0.2) is 18.7 Å². The number of aromatic nitrogens is 2. The fourth-order valence-electron chi connectivity index (χ4n) is 0.689. The van der Waals surface area contributed by atoms with Gasteiger partial charge >= 0.3 is 5.97 Å². The number of nitrogens with zero attached hydrogens (tertiary/aromatic N) is 2. The Hall–Kier alpha value is -1.36. The van der Waals surface area contributed by atoms with E-state index in [4.69, 9.17) is 10.8 Å². The van der Waals surface area contributed by atoms with Crippen molar-refractivity contribution in [2.45, 2.75) is 26.4 Å². The number of aryl methyl sites for hydroxylation is 2. The van der Waals surface area contributed by atoms with E-state index in [0.717, 1.165) is 6.54 Å². The average molecular weight is 200 g/mol. The Morgan fingerprint density at radius 2 is 2.21 bits per heavy atom. The van der Waals surface area contributed by atoms with Crippen molar-refractivity contribution < 1.29 is 14.5 Å². The summed E-state index contributed by atoms with van der Waals surface area (Å²) in [7, 11) is 2.02. The van der Waals surface area contributed by atoms with Gasteiger partial charge in [-0.2, -0.15) is 0 Å². The smallest absolute Gasteiger partial charge is 0.320 e. The van der Waals surface area contributed by atoms with Crippen LogP contribution < -0.4 is 10.3 Å². The second kappa shape index (κ2) is 6.15. The van der Waals surface area contributed by atoms with Crippen LogP contribution in [0, 0.1) is 0 Å². The van der Waals surface area contributed by atoms with Crippen LogP contribution in [-0.4, -0.2) is 21.7 Å². The molecule has 1 aromatic rings. The first-order valence-electron chi connectivity index (χ1n) is 4.46. The van der Waals surface area contributed by atoms with Gasteiger partial charge in [-0.1, -0.05) is 0 Å². The third-order valence-corrected chi connectivity index (χ3v) is 1.58. The zero-order valence-electron chi connectivity index (χ0n) is 8.84. The molecule has 0 bridgehead atoms. The van der Waals surface area contributed by atoms with Crippen LogP contribution in [0.2, 0.25) is 0 Å². The number of carbonyl (C=O) groups is 1. The lowest BCUT2D eigenvalue weighted by Gasteiger charge is -1.90. The molecule has 0 fully saturated rings. The summed E-state index contributed by atoms with van der Waals surface area (Å²) in [5.41, 5.74) is 4.84. The summed E-state index contributed by atoms with van der Waals surface area (Å²) >= 11 is 0. The minimum atomic E-state index is -0.963. The Labute approximate surface area is 83.8 Å². The van der Waals surface area contributed by atoms with Gasteiger partial charge in [-0.25, -0.2) is 9.13 Å². The zero-order valence-corrected chi connectivity index (χ0v) is 8.84. The topological polar surface area (TPSA) is 72.1 Å². The monoisotopic (exact) mass is 200 g/mol. The number of hydrogen-bond acceptors (Lipinski definition) is 2. The van der Waals surface area contributed by atoms with Crippen molar-refractivity contribution in [3.05, 3.63) is 18.7 Å². The van der Waals surface area contributed by atoms with Crippen molar-refractivity contribution in [3.8, 4) is 0 Å². The predicted molar refractivity (Wildman–Crippen MR) is 52.6 cm³/mol. The van der Waals surface area contributed by atoms with E-state index in [9.17, 15) is 4.79 Å². The minimum absolute atomic E-state index is 0.731. The molecular weight excluding hydrogens is 182 g/mol. The number of rotatable bonds is 2. The van der Waals surface area contributed by atoms with E-state index >= 15 is 0 Å². The Morgan fingerprint density at radius 3 is 2.36 bits per heavy atom. The number of carboxylic acid groups (broad SMARTS) is 1. The van der Waals surface area contributed by atoms with E-state index in [2.05, 4.69) is 24.0 Å². The third-order valence-electron chi connectivity index (χ3n) is 1.58. The lowest BCUT2D eigenvalue weighted by atomic mass is 10.4. The molecule has 0 aliphatic heterocycles. The van der Waals surface area contributed by atoms with Crippen molar-refractivity contribution in [2.24, 2.45) is 12.8 Å². The highest BCUT2D eigenvalue weighted by molar-refractivity contribution is 5.72. The van der Waals surface area contributed by atoms with Crippen LogP contribution in [-0.2, 0) is 18.4 Å². The SMILES string of the molecule is CCn1cc[n+](C)c1.C[C@H](N)C(=O)O. The normalized spacial score (nSPS) is 11.4. The second-order valence-corrected chi connectivity index (χ2v) is 3.04. The van der Waals surface area contributed by atoms with Gasteiger partial charge in [-0.05, 0) is 13.8 Å².